The van der Waals surface area contributed by atoms with Crippen molar-refractivity contribution in [2.24, 2.45) is 0 Å². The lowest BCUT2D eigenvalue weighted by Crippen LogP contribution is -2.46. The fraction of sp³-hybridized carbons (Fsp3) is 0.500. The maximum Gasteiger partial charge on any atom is 0.338 e. The first-order valence-corrected chi connectivity index (χ1v) is 6.50. The number of piperazine rings is 1. The molecule has 0 radical (unpaired) electrons. The van der Waals surface area contributed by atoms with Crippen molar-refractivity contribution < 1.29 is 14.6 Å². The van der Waals surface area contributed by atoms with Gasteiger partial charge in [-0.05, 0) is 11.6 Å². The van der Waals surface area contributed by atoms with Crippen LogP contribution in [-0.4, -0.2) is 55.9 Å². The van der Waals surface area contributed by atoms with Gasteiger partial charge in [0.2, 0.25) is 0 Å². The zero-order valence-corrected chi connectivity index (χ0v) is 11.1. The van der Waals surface area contributed by atoms with E-state index in [2.05, 4.69) is 10.2 Å². The number of aliphatic hydroxyl groups excluding tert-OH is 1. The summed E-state index contributed by atoms with van der Waals surface area (Å²) in [6.45, 7) is 3.52. The van der Waals surface area contributed by atoms with Gasteiger partial charge in [0.25, 0.3) is 0 Å². The number of esters is 1. The minimum atomic E-state index is -0.357. The second kappa shape index (κ2) is 6.65. The van der Waals surface area contributed by atoms with E-state index in [4.69, 9.17) is 4.74 Å². The number of carbonyl (C=O) groups is 1. The molecule has 0 spiro atoms. The molecule has 0 aromatic heterocycles. The molecule has 5 heteroatoms. The molecular formula is C14H20N2O3. The molecular weight excluding hydrogens is 244 g/mol. The van der Waals surface area contributed by atoms with Gasteiger partial charge in [0.1, 0.15) is 0 Å². The van der Waals surface area contributed by atoms with Gasteiger partial charge in [-0.15, -0.1) is 0 Å². The van der Waals surface area contributed by atoms with Gasteiger partial charge in [0.05, 0.1) is 25.3 Å². The van der Waals surface area contributed by atoms with Crippen LogP contribution in [0.5, 0.6) is 0 Å². The third-order valence-corrected chi connectivity index (χ3v) is 3.49. The summed E-state index contributed by atoms with van der Waals surface area (Å²) in [6, 6.07) is 7.16. The number of benzene rings is 1. The highest BCUT2D eigenvalue weighted by atomic mass is 16.5. The number of nitrogens with one attached hydrogen (secondary N) is 1. The Hall–Kier alpha value is -1.43. The van der Waals surface area contributed by atoms with Gasteiger partial charge in [-0.2, -0.15) is 0 Å². The maximum absolute atomic E-state index is 11.8. The van der Waals surface area contributed by atoms with Crippen LogP contribution < -0.4 is 5.32 Å². The molecule has 2 rings (SSSR count). The Labute approximate surface area is 113 Å². The Morgan fingerprint density at radius 2 is 2.11 bits per heavy atom. The standard InChI is InChI=1S/C14H20N2O3/c1-19-14(18)12-5-3-2-4-11(12)13(10-17)16-8-6-15-7-9-16/h2-5,13,15,17H,6-10H2,1H3/t13-/m1/s1. The van der Waals surface area contributed by atoms with Crippen molar-refractivity contribution in [2.75, 3.05) is 39.9 Å². The summed E-state index contributed by atoms with van der Waals surface area (Å²) < 4.78 is 4.81. The highest BCUT2D eigenvalue weighted by Gasteiger charge is 2.25. The van der Waals surface area contributed by atoms with E-state index in [1.54, 1.807) is 6.07 Å². The summed E-state index contributed by atoms with van der Waals surface area (Å²) in [7, 11) is 1.37. The van der Waals surface area contributed by atoms with Crippen molar-refractivity contribution >= 4 is 5.97 Å². The van der Waals surface area contributed by atoms with Crippen LogP contribution in [0.3, 0.4) is 0 Å². The van der Waals surface area contributed by atoms with Gasteiger partial charge in [0, 0.05) is 26.2 Å². The predicted octanol–water partition coefficient (Wildman–Crippen LogP) is 0.412. The maximum atomic E-state index is 11.8. The van der Waals surface area contributed by atoms with E-state index >= 15 is 0 Å². The predicted molar refractivity (Wildman–Crippen MR) is 72.1 cm³/mol. The molecule has 5 nitrogen and oxygen atoms in total. The number of hydrogen-bond donors (Lipinski definition) is 2. The van der Waals surface area contributed by atoms with E-state index in [1.807, 2.05) is 18.2 Å². The molecule has 0 aliphatic carbocycles. The summed E-state index contributed by atoms with van der Waals surface area (Å²) in [4.78, 5) is 14.0. The Bertz CT molecular complexity index is 430. The zero-order valence-electron chi connectivity index (χ0n) is 11.1. The number of nitrogens with zero attached hydrogens (tertiary/aromatic N) is 1. The van der Waals surface area contributed by atoms with Crippen LogP contribution in [-0.2, 0) is 4.74 Å². The van der Waals surface area contributed by atoms with Crippen LogP contribution in [0, 0.1) is 0 Å². The van der Waals surface area contributed by atoms with Gasteiger partial charge < -0.3 is 15.2 Å². The first kappa shape index (κ1) is 14.0. The van der Waals surface area contributed by atoms with Crippen molar-refractivity contribution in [3.05, 3.63) is 35.4 Å². The quantitative estimate of drug-likeness (QED) is 0.771. The van der Waals surface area contributed by atoms with E-state index in [9.17, 15) is 9.90 Å². The fourth-order valence-corrected chi connectivity index (χ4v) is 2.49. The van der Waals surface area contributed by atoms with Crippen LogP contribution in [0.25, 0.3) is 0 Å². The molecule has 1 aromatic carbocycles. The second-order valence-electron chi connectivity index (χ2n) is 4.56. The molecule has 0 amide bonds. The third kappa shape index (κ3) is 3.12. The van der Waals surface area contributed by atoms with Crippen molar-refractivity contribution in [1.29, 1.82) is 0 Å². The van der Waals surface area contributed by atoms with Crippen LogP contribution >= 0.6 is 0 Å². The minimum absolute atomic E-state index is 0.00594. The molecule has 0 unspecified atom stereocenters. The van der Waals surface area contributed by atoms with E-state index < -0.39 is 0 Å². The van der Waals surface area contributed by atoms with Crippen molar-refractivity contribution in [2.45, 2.75) is 6.04 Å². The Morgan fingerprint density at radius 3 is 2.74 bits per heavy atom. The molecule has 1 aromatic rings. The summed E-state index contributed by atoms with van der Waals surface area (Å²) in [5.74, 6) is -0.357. The first-order chi connectivity index (χ1) is 9.27. The topological polar surface area (TPSA) is 61.8 Å². The van der Waals surface area contributed by atoms with Crippen LogP contribution in [0.1, 0.15) is 22.0 Å². The molecule has 1 fully saturated rings. The van der Waals surface area contributed by atoms with E-state index in [0.29, 0.717) is 5.56 Å². The number of carbonyl (C=O) groups excluding carboxylic acids is 1. The Balaban J connectivity index is 2.29. The van der Waals surface area contributed by atoms with Gasteiger partial charge in [-0.25, -0.2) is 4.79 Å². The first-order valence-electron chi connectivity index (χ1n) is 6.50. The zero-order chi connectivity index (χ0) is 13.7. The molecule has 1 saturated heterocycles. The summed E-state index contributed by atoms with van der Waals surface area (Å²) >= 11 is 0. The molecule has 19 heavy (non-hydrogen) atoms. The van der Waals surface area contributed by atoms with Crippen molar-refractivity contribution in [1.82, 2.24) is 10.2 Å². The number of methoxy groups -OCH3 is 1. The lowest BCUT2D eigenvalue weighted by atomic mass is 9.99. The van der Waals surface area contributed by atoms with Crippen molar-refractivity contribution in [3.63, 3.8) is 0 Å². The lowest BCUT2D eigenvalue weighted by Gasteiger charge is -2.34. The number of ether oxygens (including phenoxy) is 1. The normalized spacial score (nSPS) is 18.0. The number of aliphatic hydroxyl groups is 1. The Kier molecular flexibility index (Phi) is 4.90. The largest absolute Gasteiger partial charge is 0.465 e. The monoisotopic (exact) mass is 264 g/mol. The SMILES string of the molecule is COC(=O)c1ccccc1[C@@H](CO)N1CCNCC1. The number of rotatable bonds is 4. The lowest BCUT2D eigenvalue weighted by molar-refractivity contribution is 0.0591. The average Bonchev–Trinajstić information content (AvgIpc) is 2.49. The highest BCUT2D eigenvalue weighted by Crippen LogP contribution is 2.24. The van der Waals surface area contributed by atoms with Crippen LogP contribution in [0.4, 0.5) is 0 Å². The van der Waals surface area contributed by atoms with Gasteiger partial charge in [-0.3, -0.25) is 4.90 Å². The third-order valence-electron chi connectivity index (χ3n) is 3.49. The van der Waals surface area contributed by atoms with Gasteiger partial charge >= 0.3 is 5.97 Å². The summed E-state index contributed by atoms with van der Waals surface area (Å²) in [6.07, 6.45) is 0. The smallest absolute Gasteiger partial charge is 0.338 e. The van der Waals surface area contributed by atoms with E-state index in [0.717, 1.165) is 31.7 Å². The van der Waals surface area contributed by atoms with Crippen LogP contribution in [0.2, 0.25) is 0 Å². The average molecular weight is 264 g/mol. The molecule has 0 bridgehead atoms. The fourth-order valence-electron chi connectivity index (χ4n) is 2.49. The van der Waals surface area contributed by atoms with Gasteiger partial charge in [-0.1, -0.05) is 18.2 Å². The number of hydrogen-bond acceptors (Lipinski definition) is 5. The van der Waals surface area contributed by atoms with Crippen molar-refractivity contribution in [3.8, 4) is 0 Å². The Morgan fingerprint density at radius 1 is 1.42 bits per heavy atom. The van der Waals surface area contributed by atoms with E-state index in [-0.39, 0.29) is 18.6 Å². The van der Waals surface area contributed by atoms with Crippen LogP contribution in [0.15, 0.2) is 24.3 Å². The molecule has 104 valence electrons. The molecule has 2 N–H and O–H groups in total. The minimum Gasteiger partial charge on any atom is -0.465 e. The molecule has 0 saturated carbocycles. The summed E-state index contributed by atoms with van der Waals surface area (Å²) in [5.41, 5.74) is 1.36. The summed E-state index contributed by atoms with van der Waals surface area (Å²) in [5, 5.41) is 13.0. The second-order valence-corrected chi connectivity index (χ2v) is 4.56. The van der Waals surface area contributed by atoms with E-state index in [1.165, 1.54) is 7.11 Å². The molecule has 1 aliphatic heterocycles. The van der Waals surface area contributed by atoms with Gasteiger partial charge in [0.15, 0.2) is 0 Å². The highest BCUT2D eigenvalue weighted by molar-refractivity contribution is 5.91. The molecule has 1 atom stereocenters. The molecule has 1 heterocycles. The molecule has 1 aliphatic rings.